The monoisotopic (exact) mass is 285 g/mol. The fourth-order valence-electron chi connectivity index (χ4n) is 2.85. The van der Waals surface area contributed by atoms with Gasteiger partial charge in [0.05, 0.1) is 18.7 Å². The second-order valence-electron chi connectivity index (χ2n) is 5.54. The maximum absolute atomic E-state index is 5.63. The molecule has 1 saturated heterocycles. The number of fused-ring (bicyclic) bond motifs is 1. The maximum atomic E-state index is 5.63. The van der Waals surface area contributed by atoms with E-state index in [1.807, 2.05) is 12.3 Å². The van der Waals surface area contributed by atoms with Crippen molar-refractivity contribution >= 4 is 10.9 Å². The summed E-state index contributed by atoms with van der Waals surface area (Å²) in [5.74, 6) is 0. The molecular formula is C17H23N3O. The Morgan fingerprint density at radius 1 is 1.38 bits per heavy atom. The van der Waals surface area contributed by atoms with Crippen LogP contribution in [0.15, 0.2) is 36.5 Å². The molecule has 4 nitrogen and oxygen atoms in total. The molecule has 2 aromatic rings. The largest absolute Gasteiger partial charge is 0.378 e. The standard InChI is InChI=1S/C17H23N3O/c1-2-18-11-16-13-21-9-8-20(16)12-14-5-6-17-15(10-14)4-3-7-19-17/h3-7,10,16,18H,2,8-9,11-13H2,1H3. The normalized spacial score (nSPS) is 20.0. The molecule has 1 fully saturated rings. The number of likely N-dealkylation sites (N-methyl/N-ethyl adjacent to an activating group) is 1. The molecule has 1 aliphatic heterocycles. The molecule has 0 spiro atoms. The third-order valence-corrected chi connectivity index (χ3v) is 4.03. The number of rotatable bonds is 5. The highest BCUT2D eigenvalue weighted by Gasteiger charge is 2.22. The smallest absolute Gasteiger partial charge is 0.0702 e. The van der Waals surface area contributed by atoms with Gasteiger partial charge in [-0.2, -0.15) is 0 Å². The second kappa shape index (κ2) is 6.98. The van der Waals surface area contributed by atoms with Crippen LogP contribution in [0.5, 0.6) is 0 Å². The van der Waals surface area contributed by atoms with Crippen molar-refractivity contribution in [3.8, 4) is 0 Å². The summed E-state index contributed by atoms with van der Waals surface area (Å²) in [4.78, 5) is 6.90. The number of morpholine rings is 1. The highest BCUT2D eigenvalue weighted by atomic mass is 16.5. The van der Waals surface area contributed by atoms with Gasteiger partial charge in [-0.05, 0) is 30.3 Å². The molecule has 0 saturated carbocycles. The average molecular weight is 285 g/mol. The number of hydrogen-bond donors (Lipinski definition) is 1. The highest BCUT2D eigenvalue weighted by molar-refractivity contribution is 5.78. The molecule has 2 heterocycles. The maximum Gasteiger partial charge on any atom is 0.0702 e. The molecule has 1 aromatic heterocycles. The van der Waals surface area contributed by atoms with Crippen molar-refractivity contribution in [2.45, 2.75) is 19.5 Å². The van der Waals surface area contributed by atoms with Gasteiger partial charge in [0, 0.05) is 37.3 Å². The summed E-state index contributed by atoms with van der Waals surface area (Å²) in [5.41, 5.74) is 2.41. The minimum absolute atomic E-state index is 0.461. The lowest BCUT2D eigenvalue weighted by Gasteiger charge is -2.35. The van der Waals surface area contributed by atoms with Crippen LogP contribution >= 0.6 is 0 Å². The fourth-order valence-corrected chi connectivity index (χ4v) is 2.85. The molecule has 0 bridgehead atoms. The molecule has 21 heavy (non-hydrogen) atoms. The molecule has 1 atom stereocenters. The van der Waals surface area contributed by atoms with E-state index in [1.165, 1.54) is 10.9 Å². The third kappa shape index (κ3) is 3.59. The van der Waals surface area contributed by atoms with Crippen LogP contribution in [0.2, 0.25) is 0 Å². The summed E-state index contributed by atoms with van der Waals surface area (Å²) < 4.78 is 5.63. The molecule has 0 radical (unpaired) electrons. The van der Waals surface area contributed by atoms with Crippen LogP contribution in [-0.2, 0) is 11.3 Å². The van der Waals surface area contributed by atoms with E-state index in [0.717, 1.165) is 44.9 Å². The second-order valence-corrected chi connectivity index (χ2v) is 5.54. The van der Waals surface area contributed by atoms with Gasteiger partial charge in [0.25, 0.3) is 0 Å². The van der Waals surface area contributed by atoms with E-state index in [-0.39, 0.29) is 0 Å². The minimum Gasteiger partial charge on any atom is -0.378 e. The fraction of sp³-hybridized carbons (Fsp3) is 0.471. The van der Waals surface area contributed by atoms with Crippen molar-refractivity contribution in [1.29, 1.82) is 0 Å². The van der Waals surface area contributed by atoms with E-state index >= 15 is 0 Å². The van der Waals surface area contributed by atoms with E-state index in [2.05, 4.69) is 46.4 Å². The predicted octanol–water partition coefficient (Wildman–Crippen LogP) is 2.05. The van der Waals surface area contributed by atoms with E-state index in [9.17, 15) is 0 Å². The summed E-state index contributed by atoms with van der Waals surface area (Å²) in [6.45, 7) is 7.77. The number of nitrogens with zero attached hydrogens (tertiary/aromatic N) is 2. The first-order valence-electron chi connectivity index (χ1n) is 7.73. The van der Waals surface area contributed by atoms with E-state index in [1.54, 1.807) is 0 Å². The van der Waals surface area contributed by atoms with Gasteiger partial charge >= 0.3 is 0 Å². The molecule has 1 N–H and O–H groups in total. The first-order valence-corrected chi connectivity index (χ1v) is 7.73. The summed E-state index contributed by atoms with van der Waals surface area (Å²) in [5, 5.41) is 4.65. The number of nitrogens with one attached hydrogen (secondary N) is 1. The van der Waals surface area contributed by atoms with Gasteiger partial charge in [-0.25, -0.2) is 0 Å². The van der Waals surface area contributed by atoms with Crippen LogP contribution in [0.4, 0.5) is 0 Å². The molecule has 0 amide bonds. The number of ether oxygens (including phenoxy) is 1. The average Bonchev–Trinajstić information content (AvgIpc) is 2.54. The third-order valence-electron chi connectivity index (χ3n) is 4.03. The molecule has 4 heteroatoms. The zero-order valence-electron chi connectivity index (χ0n) is 12.6. The first kappa shape index (κ1) is 14.4. The van der Waals surface area contributed by atoms with Gasteiger partial charge in [0.1, 0.15) is 0 Å². The van der Waals surface area contributed by atoms with Gasteiger partial charge in [0.15, 0.2) is 0 Å². The molecule has 0 aliphatic carbocycles. The lowest BCUT2D eigenvalue weighted by atomic mass is 10.1. The topological polar surface area (TPSA) is 37.4 Å². The van der Waals surface area contributed by atoms with Crippen LogP contribution in [0.25, 0.3) is 10.9 Å². The van der Waals surface area contributed by atoms with Gasteiger partial charge in [-0.15, -0.1) is 0 Å². The number of hydrogen-bond acceptors (Lipinski definition) is 4. The molecule has 3 rings (SSSR count). The minimum atomic E-state index is 0.461. The number of benzene rings is 1. The van der Waals surface area contributed by atoms with Crippen LogP contribution < -0.4 is 5.32 Å². The molecule has 1 unspecified atom stereocenters. The lowest BCUT2D eigenvalue weighted by molar-refractivity contribution is -0.0107. The number of aromatic nitrogens is 1. The van der Waals surface area contributed by atoms with Crippen molar-refractivity contribution in [3.63, 3.8) is 0 Å². The summed E-state index contributed by atoms with van der Waals surface area (Å²) in [7, 11) is 0. The summed E-state index contributed by atoms with van der Waals surface area (Å²) >= 11 is 0. The van der Waals surface area contributed by atoms with Crippen LogP contribution in [-0.4, -0.2) is 48.8 Å². The highest BCUT2D eigenvalue weighted by Crippen LogP contribution is 2.17. The molecule has 112 valence electrons. The zero-order valence-corrected chi connectivity index (χ0v) is 12.6. The van der Waals surface area contributed by atoms with Crippen molar-refractivity contribution in [2.75, 3.05) is 32.8 Å². The number of pyridine rings is 1. The van der Waals surface area contributed by atoms with Gasteiger partial charge < -0.3 is 10.1 Å². The van der Waals surface area contributed by atoms with Gasteiger partial charge in [-0.1, -0.05) is 19.1 Å². The van der Waals surface area contributed by atoms with Crippen LogP contribution in [0, 0.1) is 0 Å². The molecular weight excluding hydrogens is 262 g/mol. The van der Waals surface area contributed by atoms with Crippen LogP contribution in [0.3, 0.4) is 0 Å². The lowest BCUT2D eigenvalue weighted by Crippen LogP contribution is -2.49. The van der Waals surface area contributed by atoms with Crippen LogP contribution in [0.1, 0.15) is 12.5 Å². The van der Waals surface area contributed by atoms with Crippen molar-refractivity contribution < 1.29 is 4.74 Å². The van der Waals surface area contributed by atoms with E-state index in [0.29, 0.717) is 6.04 Å². The molecule has 1 aromatic carbocycles. The van der Waals surface area contributed by atoms with E-state index in [4.69, 9.17) is 4.74 Å². The van der Waals surface area contributed by atoms with Crippen molar-refractivity contribution in [1.82, 2.24) is 15.2 Å². The quantitative estimate of drug-likeness (QED) is 0.912. The Hall–Kier alpha value is -1.49. The Morgan fingerprint density at radius 2 is 2.33 bits per heavy atom. The van der Waals surface area contributed by atoms with Gasteiger partial charge in [0.2, 0.25) is 0 Å². The first-order chi connectivity index (χ1) is 10.4. The Kier molecular flexibility index (Phi) is 4.80. The molecule has 1 aliphatic rings. The van der Waals surface area contributed by atoms with E-state index < -0.39 is 0 Å². The summed E-state index contributed by atoms with van der Waals surface area (Å²) in [6, 6.07) is 11.1. The zero-order chi connectivity index (χ0) is 14.5. The predicted molar refractivity (Wildman–Crippen MR) is 85.3 cm³/mol. The van der Waals surface area contributed by atoms with Gasteiger partial charge in [-0.3, -0.25) is 9.88 Å². The SMILES string of the molecule is CCNCC1COCCN1Cc1ccc2ncccc2c1. The van der Waals surface area contributed by atoms with Crippen molar-refractivity contribution in [3.05, 3.63) is 42.1 Å². The Labute approximate surface area is 126 Å². The Morgan fingerprint density at radius 3 is 3.24 bits per heavy atom. The van der Waals surface area contributed by atoms with Crippen molar-refractivity contribution in [2.24, 2.45) is 0 Å². The summed E-state index contributed by atoms with van der Waals surface area (Å²) in [6.07, 6.45) is 1.84. The Bertz CT molecular complexity index is 587. The Balaban J connectivity index is 1.72.